The lowest BCUT2D eigenvalue weighted by Gasteiger charge is -2.34. The number of nitrogens with one attached hydrogen (secondary N) is 2. The number of hydrogen-bond acceptors (Lipinski definition) is 5. The van der Waals surface area contributed by atoms with E-state index in [1.165, 1.54) is 71.2 Å². The van der Waals surface area contributed by atoms with E-state index in [2.05, 4.69) is 80.8 Å². The minimum Gasteiger partial charge on any atom is -0.341 e. The number of nitrogens with zero attached hydrogens (tertiary/aromatic N) is 4. The number of aryl methyl sites for hydroxylation is 3. The molecule has 43 heavy (non-hydrogen) atoms. The zero-order chi connectivity index (χ0) is 28.8. The molecule has 1 unspecified atom stereocenters. The molecule has 6 heteroatoms. The van der Waals surface area contributed by atoms with Gasteiger partial charge in [0, 0.05) is 32.0 Å². The minimum absolute atomic E-state index is 0.266. The van der Waals surface area contributed by atoms with Gasteiger partial charge in [0.15, 0.2) is 0 Å². The molecule has 0 spiro atoms. The molecule has 1 atom stereocenters. The molecular formula is C37H40N6. The van der Waals surface area contributed by atoms with Crippen molar-refractivity contribution in [2.75, 3.05) is 0 Å². The van der Waals surface area contributed by atoms with E-state index in [9.17, 15) is 0 Å². The molecule has 2 aromatic carbocycles. The lowest BCUT2D eigenvalue weighted by atomic mass is 9.90. The maximum absolute atomic E-state index is 4.89. The van der Waals surface area contributed by atoms with Gasteiger partial charge in [-0.15, -0.1) is 0 Å². The van der Waals surface area contributed by atoms with E-state index in [4.69, 9.17) is 9.97 Å². The lowest BCUT2D eigenvalue weighted by molar-refractivity contribution is 0.153. The smallest absolute Gasteiger partial charge is 0.120 e. The Balaban J connectivity index is 1.08. The number of rotatable bonds is 10. The summed E-state index contributed by atoms with van der Waals surface area (Å²) in [5.41, 5.74) is 11.6. The Morgan fingerprint density at radius 2 is 1.56 bits per heavy atom. The van der Waals surface area contributed by atoms with Gasteiger partial charge in [0.05, 0.1) is 35.9 Å². The average Bonchev–Trinajstić information content (AvgIpc) is 3.54. The Labute approximate surface area is 254 Å². The normalized spacial score (nSPS) is 16.2. The molecule has 2 aliphatic carbocycles. The molecule has 3 heterocycles. The van der Waals surface area contributed by atoms with Crippen LogP contribution in [0.2, 0.25) is 0 Å². The van der Waals surface area contributed by atoms with Crippen LogP contribution >= 0.6 is 0 Å². The molecule has 0 bridgehead atoms. The molecule has 6 nitrogen and oxygen atoms in total. The minimum atomic E-state index is 0.266. The Hall–Kier alpha value is -4.13. The number of pyridine rings is 2. The topological polar surface area (TPSA) is 69.7 Å². The van der Waals surface area contributed by atoms with Gasteiger partial charge in [0.25, 0.3) is 0 Å². The fourth-order valence-corrected chi connectivity index (χ4v) is 6.73. The first-order valence-corrected chi connectivity index (χ1v) is 15.8. The Bertz CT molecular complexity index is 1640. The Kier molecular flexibility index (Phi) is 8.39. The second-order valence-electron chi connectivity index (χ2n) is 12.0. The van der Waals surface area contributed by atoms with Gasteiger partial charge in [-0.2, -0.15) is 0 Å². The number of fused-ring (bicyclic) bond motifs is 2. The van der Waals surface area contributed by atoms with Crippen LogP contribution in [0.3, 0.4) is 0 Å². The van der Waals surface area contributed by atoms with Gasteiger partial charge in [0.2, 0.25) is 0 Å². The molecular weight excluding hydrogens is 528 g/mol. The first-order valence-electron chi connectivity index (χ1n) is 15.8. The van der Waals surface area contributed by atoms with Gasteiger partial charge in [0.1, 0.15) is 5.82 Å². The van der Waals surface area contributed by atoms with Crippen molar-refractivity contribution in [3.05, 3.63) is 136 Å². The van der Waals surface area contributed by atoms with Crippen molar-refractivity contribution in [3.63, 3.8) is 0 Å². The van der Waals surface area contributed by atoms with Crippen LogP contribution in [0.25, 0.3) is 11.3 Å². The van der Waals surface area contributed by atoms with Crippen molar-refractivity contribution in [3.8, 4) is 11.3 Å². The largest absolute Gasteiger partial charge is 0.341 e. The molecule has 0 aliphatic heterocycles. The van der Waals surface area contributed by atoms with Gasteiger partial charge >= 0.3 is 0 Å². The number of aromatic nitrogens is 4. The number of H-pyrrole nitrogens is 1. The van der Waals surface area contributed by atoms with Crippen LogP contribution in [0, 0.1) is 0 Å². The summed E-state index contributed by atoms with van der Waals surface area (Å²) in [5.74, 6) is 1.01. The monoisotopic (exact) mass is 568 g/mol. The summed E-state index contributed by atoms with van der Waals surface area (Å²) < 4.78 is 0. The standard InChI is InChI=1S/C37H40N6/c1-2-8-31-21-32(18-17-29(31)7-1)34-24-41-36(42-34)26-43(35-12-5-9-30-10-6-20-40-37(30)35)25-28-15-13-27(14-16-28)22-38-23-33-11-3-4-19-39-33/h3-4,6,10-11,13-21,24,35,38H,1-2,5,7-9,12,22-23,25-26H2,(H,41,42). The molecule has 5 aromatic rings. The Morgan fingerprint density at radius 3 is 2.44 bits per heavy atom. The number of benzene rings is 2. The molecule has 0 amide bonds. The average molecular weight is 569 g/mol. The molecule has 0 saturated carbocycles. The van der Waals surface area contributed by atoms with Crippen LogP contribution in [0.5, 0.6) is 0 Å². The third-order valence-electron chi connectivity index (χ3n) is 9.02. The second-order valence-corrected chi connectivity index (χ2v) is 12.0. The summed E-state index contributed by atoms with van der Waals surface area (Å²) in [6, 6.07) is 26.6. The van der Waals surface area contributed by atoms with E-state index in [1.807, 2.05) is 30.7 Å². The lowest BCUT2D eigenvalue weighted by Crippen LogP contribution is -2.31. The summed E-state index contributed by atoms with van der Waals surface area (Å²) in [5, 5.41) is 3.51. The van der Waals surface area contributed by atoms with Gasteiger partial charge in [-0.1, -0.05) is 48.5 Å². The van der Waals surface area contributed by atoms with E-state index in [0.29, 0.717) is 0 Å². The highest BCUT2D eigenvalue weighted by Crippen LogP contribution is 2.35. The fraction of sp³-hybridized carbons (Fsp3) is 0.324. The molecule has 2 N–H and O–H groups in total. The first-order chi connectivity index (χ1) is 21.3. The molecule has 3 aromatic heterocycles. The zero-order valence-electron chi connectivity index (χ0n) is 24.8. The van der Waals surface area contributed by atoms with Crippen LogP contribution in [0.4, 0.5) is 0 Å². The number of aromatic amines is 1. The quantitative estimate of drug-likeness (QED) is 0.188. The number of hydrogen-bond donors (Lipinski definition) is 2. The fourth-order valence-electron chi connectivity index (χ4n) is 6.73. The van der Waals surface area contributed by atoms with E-state index < -0.39 is 0 Å². The molecule has 7 rings (SSSR count). The van der Waals surface area contributed by atoms with E-state index in [1.54, 1.807) is 0 Å². The summed E-state index contributed by atoms with van der Waals surface area (Å²) in [6.07, 6.45) is 14.2. The predicted octanol–water partition coefficient (Wildman–Crippen LogP) is 7.12. The molecule has 0 saturated heterocycles. The number of imidazole rings is 1. The van der Waals surface area contributed by atoms with E-state index in [-0.39, 0.29) is 6.04 Å². The van der Waals surface area contributed by atoms with E-state index >= 15 is 0 Å². The molecule has 2 aliphatic rings. The van der Waals surface area contributed by atoms with E-state index in [0.717, 1.165) is 56.2 Å². The van der Waals surface area contributed by atoms with Crippen molar-refractivity contribution >= 4 is 0 Å². The zero-order valence-corrected chi connectivity index (χ0v) is 24.8. The van der Waals surface area contributed by atoms with Crippen molar-refractivity contribution in [2.45, 2.75) is 77.2 Å². The van der Waals surface area contributed by atoms with Gasteiger partial charge in [-0.25, -0.2) is 4.98 Å². The van der Waals surface area contributed by atoms with Gasteiger partial charge in [-0.3, -0.25) is 14.9 Å². The van der Waals surface area contributed by atoms with Gasteiger partial charge in [-0.05, 0) is 103 Å². The highest BCUT2D eigenvalue weighted by atomic mass is 15.2. The molecule has 0 radical (unpaired) electrons. The summed E-state index contributed by atoms with van der Waals surface area (Å²) in [6.45, 7) is 3.18. The molecule has 0 fully saturated rings. The first kappa shape index (κ1) is 27.7. The summed E-state index contributed by atoms with van der Waals surface area (Å²) >= 11 is 0. The highest BCUT2D eigenvalue weighted by Gasteiger charge is 2.28. The van der Waals surface area contributed by atoms with Crippen molar-refractivity contribution in [1.29, 1.82) is 0 Å². The summed E-state index contributed by atoms with van der Waals surface area (Å²) in [4.78, 5) is 20.4. The van der Waals surface area contributed by atoms with Crippen LogP contribution in [-0.4, -0.2) is 24.8 Å². The third kappa shape index (κ3) is 6.61. The van der Waals surface area contributed by atoms with Crippen LogP contribution in [0.15, 0.2) is 91.4 Å². The van der Waals surface area contributed by atoms with Gasteiger partial charge < -0.3 is 10.3 Å². The molecule has 218 valence electrons. The third-order valence-corrected chi connectivity index (χ3v) is 9.02. The van der Waals surface area contributed by atoms with Crippen molar-refractivity contribution in [2.24, 2.45) is 0 Å². The maximum Gasteiger partial charge on any atom is 0.120 e. The SMILES string of the molecule is c1ccc(CNCc2ccc(CN(Cc3ncc(-c4ccc5c(c4)CCCC5)[nH]3)C3CCCc4cccnc43)cc2)nc1. The highest BCUT2D eigenvalue weighted by molar-refractivity contribution is 5.61. The summed E-state index contributed by atoms with van der Waals surface area (Å²) in [7, 11) is 0. The van der Waals surface area contributed by atoms with Crippen molar-refractivity contribution in [1.82, 2.24) is 30.2 Å². The van der Waals surface area contributed by atoms with Crippen LogP contribution in [-0.2, 0) is 45.4 Å². The maximum atomic E-state index is 4.89. The predicted molar refractivity (Wildman–Crippen MR) is 171 cm³/mol. The van der Waals surface area contributed by atoms with Crippen molar-refractivity contribution < 1.29 is 0 Å². The van der Waals surface area contributed by atoms with Crippen LogP contribution in [0.1, 0.15) is 76.8 Å². The van der Waals surface area contributed by atoms with Crippen LogP contribution < -0.4 is 5.32 Å². The second kappa shape index (κ2) is 13.0. The Morgan fingerprint density at radius 1 is 0.721 bits per heavy atom.